The second kappa shape index (κ2) is 4.44. The smallest absolute Gasteiger partial charge is 0.289 e. The van der Waals surface area contributed by atoms with E-state index in [0.29, 0.717) is 11.0 Å². The molecule has 96 valence electrons. The Kier molecular flexibility index (Phi) is 3.11. The lowest BCUT2D eigenvalue weighted by molar-refractivity contribution is 0.0799. The molecule has 0 atom stereocenters. The van der Waals surface area contributed by atoms with Crippen molar-refractivity contribution in [2.45, 2.75) is 19.8 Å². The maximum Gasteiger partial charge on any atom is 0.289 e. The van der Waals surface area contributed by atoms with E-state index in [-0.39, 0.29) is 23.4 Å². The van der Waals surface area contributed by atoms with Crippen LogP contribution in [0.15, 0.2) is 22.6 Å². The molecule has 1 aromatic carbocycles. The van der Waals surface area contributed by atoms with E-state index >= 15 is 0 Å². The zero-order chi connectivity index (χ0) is 13.4. The lowest BCUT2D eigenvalue weighted by Crippen LogP contribution is -2.20. The minimum absolute atomic E-state index is 0.169. The summed E-state index contributed by atoms with van der Waals surface area (Å²) in [5, 5.41) is 0.367. The number of benzene rings is 1. The molecule has 4 heteroatoms. The van der Waals surface area contributed by atoms with Crippen LogP contribution in [0.25, 0.3) is 11.0 Å². The van der Waals surface area contributed by atoms with Crippen molar-refractivity contribution in [3.05, 3.63) is 35.3 Å². The minimum Gasteiger partial charge on any atom is -0.450 e. The van der Waals surface area contributed by atoms with E-state index in [1.807, 2.05) is 13.8 Å². The molecule has 0 unspecified atom stereocenters. The quantitative estimate of drug-likeness (QED) is 0.817. The van der Waals surface area contributed by atoms with Gasteiger partial charge in [-0.1, -0.05) is 19.9 Å². The number of hydrogen-bond donors (Lipinski definition) is 0. The molecule has 0 saturated heterocycles. The summed E-state index contributed by atoms with van der Waals surface area (Å²) in [5.74, 6) is -0.250. The Bertz CT molecular complexity index is 599. The molecule has 3 nitrogen and oxygen atoms in total. The Hall–Kier alpha value is -1.84. The van der Waals surface area contributed by atoms with Gasteiger partial charge in [0.1, 0.15) is 11.4 Å². The molecule has 1 amide bonds. The summed E-state index contributed by atoms with van der Waals surface area (Å²) in [4.78, 5) is 13.2. The molecule has 0 N–H and O–H groups in total. The Morgan fingerprint density at radius 3 is 2.56 bits per heavy atom. The van der Waals surface area contributed by atoms with Crippen molar-refractivity contribution in [2.75, 3.05) is 14.1 Å². The largest absolute Gasteiger partial charge is 0.450 e. The Morgan fingerprint density at radius 1 is 1.33 bits per heavy atom. The Morgan fingerprint density at radius 2 is 2.00 bits per heavy atom. The van der Waals surface area contributed by atoms with Gasteiger partial charge in [0.25, 0.3) is 5.91 Å². The van der Waals surface area contributed by atoms with Gasteiger partial charge in [0.2, 0.25) is 0 Å². The third-order valence-electron chi connectivity index (χ3n) is 2.90. The summed E-state index contributed by atoms with van der Waals surface area (Å²) in [6.07, 6.45) is 0. The molecular weight excluding hydrogens is 233 g/mol. The maximum atomic E-state index is 13.7. The SMILES string of the molecule is CC(C)c1ccc(F)c2cc(C(=O)N(C)C)oc12. The molecule has 0 saturated carbocycles. The standard InChI is InChI=1S/C14H16FNO2/c1-8(2)9-5-6-11(15)10-7-12(18-13(9)10)14(17)16(3)4/h5-8H,1-4H3. The van der Waals surface area contributed by atoms with Crippen LogP contribution in [0.1, 0.15) is 35.9 Å². The van der Waals surface area contributed by atoms with Gasteiger partial charge in [-0.15, -0.1) is 0 Å². The van der Waals surface area contributed by atoms with Crippen molar-refractivity contribution in [3.63, 3.8) is 0 Å². The van der Waals surface area contributed by atoms with Gasteiger partial charge < -0.3 is 9.32 Å². The van der Waals surface area contributed by atoms with E-state index in [4.69, 9.17) is 4.42 Å². The first-order chi connectivity index (χ1) is 8.41. The molecular formula is C14H16FNO2. The van der Waals surface area contributed by atoms with Crippen molar-refractivity contribution in [2.24, 2.45) is 0 Å². The summed E-state index contributed by atoms with van der Waals surface area (Å²) in [7, 11) is 3.27. The lowest BCUT2D eigenvalue weighted by Gasteiger charge is -2.07. The van der Waals surface area contributed by atoms with Crippen LogP contribution in [0, 0.1) is 5.82 Å². The van der Waals surface area contributed by atoms with Crippen LogP contribution in [0.4, 0.5) is 4.39 Å². The first-order valence-corrected chi connectivity index (χ1v) is 5.85. The molecule has 0 radical (unpaired) electrons. The molecule has 0 aliphatic heterocycles. The van der Waals surface area contributed by atoms with Gasteiger partial charge >= 0.3 is 0 Å². The van der Waals surface area contributed by atoms with Crippen LogP contribution in [-0.4, -0.2) is 24.9 Å². The first-order valence-electron chi connectivity index (χ1n) is 5.85. The predicted molar refractivity (Wildman–Crippen MR) is 68.3 cm³/mol. The number of amides is 1. The molecule has 0 fully saturated rings. The van der Waals surface area contributed by atoms with E-state index in [0.717, 1.165) is 5.56 Å². The number of rotatable bonds is 2. The molecule has 2 aromatic rings. The highest BCUT2D eigenvalue weighted by Crippen LogP contribution is 2.30. The molecule has 0 aliphatic carbocycles. The summed E-state index contributed by atoms with van der Waals surface area (Å²) in [5.41, 5.74) is 1.37. The van der Waals surface area contributed by atoms with Crippen LogP contribution < -0.4 is 0 Å². The van der Waals surface area contributed by atoms with Gasteiger partial charge in [-0.2, -0.15) is 0 Å². The van der Waals surface area contributed by atoms with Gasteiger partial charge in [-0.05, 0) is 17.5 Å². The van der Waals surface area contributed by atoms with Crippen LogP contribution in [0.3, 0.4) is 0 Å². The first kappa shape index (κ1) is 12.6. The zero-order valence-corrected chi connectivity index (χ0v) is 11.0. The monoisotopic (exact) mass is 249 g/mol. The van der Waals surface area contributed by atoms with Crippen molar-refractivity contribution < 1.29 is 13.6 Å². The van der Waals surface area contributed by atoms with Gasteiger partial charge in [0.05, 0.1) is 5.39 Å². The van der Waals surface area contributed by atoms with Crippen LogP contribution in [0.2, 0.25) is 0 Å². The summed E-state index contributed by atoms with van der Waals surface area (Å²) in [6.45, 7) is 4.01. The maximum absolute atomic E-state index is 13.7. The van der Waals surface area contributed by atoms with Crippen molar-refractivity contribution >= 4 is 16.9 Å². The minimum atomic E-state index is -0.365. The second-order valence-electron chi connectivity index (χ2n) is 4.84. The van der Waals surface area contributed by atoms with E-state index in [2.05, 4.69) is 0 Å². The Labute approximate surface area is 105 Å². The van der Waals surface area contributed by atoms with Gasteiger partial charge in [-0.25, -0.2) is 4.39 Å². The summed E-state index contributed by atoms with van der Waals surface area (Å²) in [6, 6.07) is 4.59. The van der Waals surface area contributed by atoms with Crippen molar-refractivity contribution in [1.29, 1.82) is 0 Å². The van der Waals surface area contributed by atoms with E-state index < -0.39 is 0 Å². The number of halogens is 1. The predicted octanol–water partition coefficient (Wildman–Crippen LogP) is 3.40. The molecule has 0 bridgehead atoms. The molecule has 0 aliphatic rings. The molecule has 1 heterocycles. The normalized spacial score (nSPS) is 11.2. The van der Waals surface area contributed by atoms with Crippen molar-refractivity contribution in [3.8, 4) is 0 Å². The number of carbonyl (C=O) groups is 1. The second-order valence-corrected chi connectivity index (χ2v) is 4.84. The highest BCUT2D eigenvalue weighted by atomic mass is 19.1. The van der Waals surface area contributed by atoms with Gasteiger partial charge in [0, 0.05) is 20.2 Å². The third-order valence-corrected chi connectivity index (χ3v) is 2.90. The number of hydrogen-bond acceptors (Lipinski definition) is 2. The fraction of sp³-hybridized carbons (Fsp3) is 0.357. The van der Waals surface area contributed by atoms with Gasteiger partial charge in [-0.3, -0.25) is 4.79 Å². The lowest BCUT2D eigenvalue weighted by atomic mass is 10.0. The van der Waals surface area contributed by atoms with E-state index in [1.54, 1.807) is 20.2 Å². The summed E-state index contributed by atoms with van der Waals surface area (Å²) < 4.78 is 19.3. The van der Waals surface area contributed by atoms with Crippen LogP contribution in [-0.2, 0) is 0 Å². The highest BCUT2D eigenvalue weighted by Gasteiger charge is 2.19. The highest BCUT2D eigenvalue weighted by molar-refractivity contribution is 5.96. The third kappa shape index (κ3) is 1.98. The van der Waals surface area contributed by atoms with E-state index in [1.165, 1.54) is 17.0 Å². The average molecular weight is 249 g/mol. The molecule has 0 spiro atoms. The van der Waals surface area contributed by atoms with Crippen LogP contribution in [0.5, 0.6) is 0 Å². The number of nitrogens with zero attached hydrogens (tertiary/aromatic N) is 1. The number of carbonyl (C=O) groups excluding carboxylic acids is 1. The molecule has 1 aromatic heterocycles. The fourth-order valence-corrected chi connectivity index (χ4v) is 1.89. The number of fused-ring (bicyclic) bond motifs is 1. The fourth-order valence-electron chi connectivity index (χ4n) is 1.89. The van der Waals surface area contributed by atoms with E-state index in [9.17, 15) is 9.18 Å². The Balaban J connectivity index is 2.66. The van der Waals surface area contributed by atoms with Crippen LogP contribution >= 0.6 is 0 Å². The zero-order valence-electron chi connectivity index (χ0n) is 11.0. The molecule has 18 heavy (non-hydrogen) atoms. The molecule has 2 rings (SSSR count). The summed E-state index contributed by atoms with van der Waals surface area (Å²) >= 11 is 0. The average Bonchev–Trinajstić information content (AvgIpc) is 2.73. The number of furan rings is 1. The topological polar surface area (TPSA) is 33.5 Å². The van der Waals surface area contributed by atoms with Gasteiger partial charge in [0.15, 0.2) is 5.76 Å². The van der Waals surface area contributed by atoms with Crippen molar-refractivity contribution in [1.82, 2.24) is 4.90 Å².